The molecule has 0 saturated carbocycles. The summed E-state index contributed by atoms with van der Waals surface area (Å²) in [4.78, 5) is 7.26. The van der Waals surface area contributed by atoms with E-state index in [4.69, 9.17) is 22.4 Å². The molecule has 0 aliphatic rings. The third kappa shape index (κ3) is 1.17. The molecule has 1 aromatic rings. The van der Waals surface area contributed by atoms with Gasteiger partial charge in [-0.15, -0.1) is 0 Å². The first-order valence-corrected chi connectivity index (χ1v) is 2.99. The van der Waals surface area contributed by atoms with Crippen molar-refractivity contribution in [2.75, 3.05) is 5.73 Å². The second kappa shape index (κ2) is 2.81. The fourth-order valence-electron chi connectivity index (χ4n) is 0.550. The van der Waals surface area contributed by atoms with Crippen LogP contribution in [0.5, 0.6) is 0 Å². The molecule has 0 unspecified atom stereocenters. The largest absolute Gasteiger partial charge is 0.391 e. The van der Waals surface area contributed by atoms with Crippen LogP contribution in [-0.2, 0) is 6.61 Å². The second-order valence-corrected chi connectivity index (χ2v) is 2.04. The van der Waals surface area contributed by atoms with Gasteiger partial charge in [0.05, 0.1) is 12.2 Å². The zero-order valence-electron chi connectivity index (χ0n) is 5.08. The van der Waals surface area contributed by atoms with Gasteiger partial charge in [-0.3, -0.25) is 0 Å². The first-order chi connectivity index (χ1) is 4.75. The van der Waals surface area contributed by atoms with Gasteiger partial charge in [-0.05, 0) is 0 Å². The van der Waals surface area contributed by atoms with Crippen molar-refractivity contribution in [1.29, 1.82) is 0 Å². The number of halogens is 1. The number of nitrogens with zero attached hydrogens (tertiary/aromatic N) is 2. The Morgan fingerprint density at radius 2 is 2.30 bits per heavy atom. The van der Waals surface area contributed by atoms with Crippen molar-refractivity contribution in [3.63, 3.8) is 0 Å². The van der Waals surface area contributed by atoms with Gasteiger partial charge in [0, 0.05) is 0 Å². The molecule has 1 heterocycles. The van der Waals surface area contributed by atoms with Crippen LogP contribution in [0.3, 0.4) is 0 Å². The average molecular weight is 160 g/mol. The Morgan fingerprint density at radius 1 is 1.60 bits per heavy atom. The van der Waals surface area contributed by atoms with Crippen molar-refractivity contribution in [3.8, 4) is 0 Å². The summed E-state index contributed by atoms with van der Waals surface area (Å²) in [6, 6.07) is 0. The van der Waals surface area contributed by atoms with Crippen LogP contribution in [0.15, 0.2) is 6.33 Å². The summed E-state index contributed by atoms with van der Waals surface area (Å²) in [5.74, 6) is 0.225. The summed E-state index contributed by atoms with van der Waals surface area (Å²) in [7, 11) is 0. The molecule has 0 bridgehead atoms. The molecular weight excluding hydrogens is 154 g/mol. The number of hydrogen-bond donors (Lipinski definition) is 2. The lowest BCUT2D eigenvalue weighted by atomic mass is 10.3. The maximum atomic E-state index is 8.65. The molecule has 0 atom stereocenters. The number of nitrogens with two attached hydrogens (primary N) is 1. The minimum Gasteiger partial charge on any atom is -0.391 e. The van der Waals surface area contributed by atoms with Gasteiger partial charge in [0.15, 0.2) is 0 Å². The number of hydrogen-bond acceptors (Lipinski definition) is 4. The summed E-state index contributed by atoms with van der Waals surface area (Å²) >= 11 is 5.54. The van der Waals surface area contributed by atoms with Gasteiger partial charge in [0.25, 0.3) is 0 Å². The molecule has 4 nitrogen and oxygen atoms in total. The van der Waals surface area contributed by atoms with E-state index in [1.54, 1.807) is 0 Å². The van der Waals surface area contributed by atoms with E-state index >= 15 is 0 Å². The number of rotatable bonds is 1. The summed E-state index contributed by atoms with van der Waals surface area (Å²) in [5, 5.41) is 8.86. The lowest BCUT2D eigenvalue weighted by Gasteiger charge is -1.99. The smallest absolute Gasteiger partial charge is 0.140 e. The van der Waals surface area contributed by atoms with Gasteiger partial charge >= 0.3 is 0 Å². The molecule has 0 aliphatic carbocycles. The summed E-state index contributed by atoms with van der Waals surface area (Å²) in [5.41, 5.74) is 5.72. The zero-order valence-corrected chi connectivity index (χ0v) is 5.84. The van der Waals surface area contributed by atoms with Gasteiger partial charge in [-0.25, -0.2) is 9.97 Å². The maximum Gasteiger partial charge on any atom is 0.140 e. The number of aliphatic hydroxyl groups is 1. The highest BCUT2D eigenvalue weighted by atomic mass is 35.5. The van der Waals surface area contributed by atoms with E-state index in [2.05, 4.69) is 9.97 Å². The van der Waals surface area contributed by atoms with E-state index in [1.807, 2.05) is 0 Å². The lowest BCUT2D eigenvalue weighted by Crippen LogP contribution is -1.99. The highest BCUT2D eigenvalue weighted by Crippen LogP contribution is 2.15. The molecule has 1 rings (SSSR count). The molecular formula is C5H6ClN3O. The Bertz CT molecular complexity index is 220. The summed E-state index contributed by atoms with van der Waals surface area (Å²) in [6.45, 7) is -0.231. The van der Waals surface area contributed by atoms with Crippen molar-refractivity contribution in [3.05, 3.63) is 17.0 Å². The fourth-order valence-corrected chi connectivity index (χ4v) is 0.750. The SMILES string of the molecule is Nc1ncnc(Cl)c1CO. The fraction of sp³-hybridized carbons (Fsp3) is 0.200. The van der Waals surface area contributed by atoms with Gasteiger partial charge < -0.3 is 10.8 Å². The number of aliphatic hydroxyl groups excluding tert-OH is 1. The molecule has 0 aliphatic heterocycles. The minimum absolute atomic E-state index is 0.204. The standard InChI is InChI=1S/C5H6ClN3O/c6-4-3(1-10)5(7)9-2-8-4/h2,10H,1H2,(H2,7,8,9). The summed E-state index contributed by atoms with van der Waals surface area (Å²) in [6.07, 6.45) is 1.25. The normalized spacial score (nSPS) is 9.80. The van der Waals surface area contributed by atoms with E-state index in [9.17, 15) is 0 Å². The molecule has 0 radical (unpaired) electrons. The molecule has 1 aromatic heterocycles. The molecule has 0 amide bonds. The van der Waals surface area contributed by atoms with E-state index in [1.165, 1.54) is 6.33 Å². The Kier molecular flexibility index (Phi) is 2.03. The Hall–Kier alpha value is -0.870. The van der Waals surface area contributed by atoms with E-state index in [0.29, 0.717) is 5.56 Å². The van der Waals surface area contributed by atoms with E-state index in [-0.39, 0.29) is 17.6 Å². The van der Waals surface area contributed by atoms with Gasteiger partial charge in [-0.2, -0.15) is 0 Å². The van der Waals surface area contributed by atoms with Crippen LogP contribution < -0.4 is 5.73 Å². The summed E-state index contributed by atoms with van der Waals surface area (Å²) < 4.78 is 0. The van der Waals surface area contributed by atoms with Gasteiger partial charge in [0.2, 0.25) is 0 Å². The number of nitrogen functional groups attached to an aromatic ring is 1. The Morgan fingerprint density at radius 3 is 2.70 bits per heavy atom. The van der Waals surface area contributed by atoms with E-state index in [0.717, 1.165) is 0 Å². The van der Waals surface area contributed by atoms with Gasteiger partial charge in [-0.1, -0.05) is 11.6 Å². The quantitative estimate of drug-likeness (QED) is 0.575. The van der Waals surface area contributed by atoms with Crippen LogP contribution in [0.1, 0.15) is 5.56 Å². The molecule has 0 saturated heterocycles. The molecule has 0 aromatic carbocycles. The lowest BCUT2D eigenvalue weighted by molar-refractivity contribution is 0.282. The van der Waals surface area contributed by atoms with Crippen molar-refractivity contribution >= 4 is 17.4 Å². The molecule has 10 heavy (non-hydrogen) atoms. The minimum atomic E-state index is -0.231. The van der Waals surface area contributed by atoms with E-state index < -0.39 is 0 Å². The third-order valence-corrected chi connectivity index (χ3v) is 1.41. The van der Waals surface area contributed by atoms with Crippen LogP contribution >= 0.6 is 11.6 Å². The number of anilines is 1. The predicted octanol–water partition coefficient (Wildman–Crippen LogP) is 0.205. The highest BCUT2D eigenvalue weighted by Gasteiger charge is 2.03. The highest BCUT2D eigenvalue weighted by molar-refractivity contribution is 6.30. The predicted molar refractivity (Wildman–Crippen MR) is 37.4 cm³/mol. The Labute approximate surface area is 62.7 Å². The van der Waals surface area contributed by atoms with Crippen molar-refractivity contribution < 1.29 is 5.11 Å². The van der Waals surface area contributed by atoms with Crippen molar-refractivity contribution in [2.24, 2.45) is 0 Å². The van der Waals surface area contributed by atoms with Crippen LogP contribution in [-0.4, -0.2) is 15.1 Å². The molecule has 3 N–H and O–H groups in total. The van der Waals surface area contributed by atoms with Crippen LogP contribution in [0, 0.1) is 0 Å². The molecule has 5 heteroatoms. The van der Waals surface area contributed by atoms with Crippen molar-refractivity contribution in [2.45, 2.75) is 6.61 Å². The zero-order chi connectivity index (χ0) is 7.56. The number of aromatic nitrogens is 2. The first kappa shape index (κ1) is 7.24. The van der Waals surface area contributed by atoms with Crippen LogP contribution in [0.25, 0.3) is 0 Å². The molecule has 54 valence electrons. The maximum absolute atomic E-state index is 8.65. The van der Waals surface area contributed by atoms with Crippen molar-refractivity contribution in [1.82, 2.24) is 9.97 Å². The first-order valence-electron chi connectivity index (χ1n) is 2.61. The van der Waals surface area contributed by atoms with Crippen LogP contribution in [0.2, 0.25) is 5.15 Å². The average Bonchev–Trinajstić information content (AvgIpc) is 1.88. The Balaban J connectivity index is 3.17. The molecule has 0 fully saturated rings. The molecule has 0 spiro atoms. The third-order valence-electron chi connectivity index (χ3n) is 1.08. The van der Waals surface area contributed by atoms with Gasteiger partial charge in [0.1, 0.15) is 17.3 Å². The topological polar surface area (TPSA) is 72.0 Å². The van der Waals surface area contributed by atoms with Crippen LogP contribution in [0.4, 0.5) is 5.82 Å². The second-order valence-electron chi connectivity index (χ2n) is 1.69. The monoisotopic (exact) mass is 159 g/mol.